The van der Waals surface area contributed by atoms with Gasteiger partial charge in [-0.3, -0.25) is 4.68 Å². The van der Waals surface area contributed by atoms with Crippen LogP contribution < -0.4 is 0 Å². The zero-order valence-electron chi connectivity index (χ0n) is 19.0. The highest BCUT2D eigenvalue weighted by molar-refractivity contribution is 5.95. The molecule has 2 fully saturated rings. The van der Waals surface area contributed by atoms with Crippen molar-refractivity contribution >= 4 is 11.1 Å². The first-order chi connectivity index (χ1) is 17.2. The summed E-state index contributed by atoms with van der Waals surface area (Å²) >= 11 is 0. The number of hydrogen-bond acceptors (Lipinski definition) is 5. The lowest BCUT2D eigenvalue weighted by Crippen LogP contribution is -2.27. The van der Waals surface area contributed by atoms with E-state index in [2.05, 4.69) is 20.8 Å². The SMILES string of the molecule is Fc1ccc(-c2nn(C3C[C@H]4CC[C@@H](C3)O4)cc2-c2ncnc3oc(-c4ccccc4)cc23)cc1. The van der Waals surface area contributed by atoms with Gasteiger partial charge in [0.2, 0.25) is 5.71 Å². The molecule has 6 nitrogen and oxygen atoms in total. The van der Waals surface area contributed by atoms with Crippen LogP contribution in [0, 0.1) is 5.82 Å². The molecule has 0 spiro atoms. The lowest BCUT2D eigenvalue weighted by molar-refractivity contribution is -0.0180. The molecule has 1 unspecified atom stereocenters. The van der Waals surface area contributed by atoms with Crippen LogP contribution in [0.1, 0.15) is 31.7 Å². The van der Waals surface area contributed by atoms with Crippen molar-refractivity contribution in [3.63, 3.8) is 0 Å². The Labute approximate surface area is 201 Å². The number of rotatable bonds is 4. The number of benzene rings is 2. The van der Waals surface area contributed by atoms with Gasteiger partial charge >= 0.3 is 0 Å². The molecule has 2 aliphatic rings. The molecule has 0 amide bonds. The largest absolute Gasteiger partial charge is 0.438 e. The highest BCUT2D eigenvalue weighted by Crippen LogP contribution is 2.41. The van der Waals surface area contributed by atoms with Gasteiger partial charge in [0, 0.05) is 22.9 Å². The number of aromatic nitrogens is 4. The monoisotopic (exact) mass is 466 g/mol. The Morgan fingerprint density at radius 2 is 1.63 bits per heavy atom. The van der Waals surface area contributed by atoms with Crippen LogP contribution in [0.3, 0.4) is 0 Å². The fourth-order valence-electron chi connectivity index (χ4n) is 5.43. The van der Waals surface area contributed by atoms with E-state index in [-0.39, 0.29) is 11.9 Å². The van der Waals surface area contributed by atoms with Crippen molar-refractivity contribution in [2.24, 2.45) is 0 Å². The Bertz CT molecular complexity index is 1500. The van der Waals surface area contributed by atoms with Gasteiger partial charge in [0.25, 0.3) is 0 Å². The summed E-state index contributed by atoms with van der Waals surface area (Å²) in [5, 5.41) is 5.85. The summed E-state index contributed by atoms with van der Waals surface area (Å²) in [6.07, 6.45) is 8.32. The molecule has 0 N–H and O–H groups in total. The molecule has 2 aromatic carbocycles. The van der Waals surface area contributed by atoms with Crippen molar-refractivity contribution in [1.29, 1.82) is 0 Å². The maximum atomic E-state index is 13.7. The van der Waals surface area contributed by atoms with Crippen molar-refractivity contribution in [3.05, 3.63) is 79.0 Å². The summed E-state index contributed by atoms with van der Waals surface area (Å²) in [5.41, 5.74) is 4.74. The third kappa shape index (κ3) is 3.63. The Morgan fingerprint density at radius 1 is 0.857 bits per heavy atom. The van der Waals surface area contributed by atoms with Crippen molar-refractivity contribution in [1.82, 2.24) is 19.7 Å². The normalized spacial score (nSPS) is 21.6. The van der Waals surface area contributed by atoms with Crippen LogP contribution in [-0.2, 0) is 4.74 Å². The smallest absolute Gasteiger partial charge is 0.230 e. The van der Waals surface area contributed by atoms with Gasteiger partial charge in [-0.25, -0.2) is 14.4 Å². The standard InChI is InChI=1S/C28H23FN4O2/c29-19-8-6-18(7-9-19)26-24(15-33(32-26)20-12-21-10-11-22(13-20)34-21)27-23-14-25(17-4-2-1-3-5-17)35-28(23)31-16-30-27/h1-9,14-16,20-22H,10-13H2/t20?,21-,22+. The number of ether oxygens (including phenoxy) is 1. The number of fused-ring (bicyclic) bond motifs is 3. The molecule has 3 atom stereocenters. The molecule has 7 rings (SSSR count). The molecule has 3 aromatic heterocycles. The highest BCUT2D eigenvalue weighted by atomic mass is 19.1. The number of halogens is 1. The lowest BCUT2D eigenvalue weighted by Gasteiger charge is -2.28. The van der Waals surface area contributed by atoms with E-state index in [1.807, 2.05) is 36.4 Å². The summed E-state index contributed by atoms with van der Waals surface area (Å²) in [6, 6.07) is 18.7. The molecule has 35 heavy (non-hydrogen) atoms. The first kappa shape index (κ1) is 20.5. The molecule has 0 aliphatic carbocycles. The lowest BCUT2D eigenvalue weighted by atomic mass is 10.0. The molecular formula is C28H23FN4O2. The molecule has 2 aliphatic heterocycles. The average Bonchev–Trinajstić information content (AvgIpc) is 3.61. The van der Waals surface area contributed by atoms with E-state index in [1.54, 1.807) is 12.1 Å². The van der Waals surface area contributed by atoms with E-state index >= 15 is 0 Å². The second-order valence-electron chi connectivity index (χ2n) is 9.38. The average molecular weight is 467 g/mol. The predicted octanol–water partition coefficient (Wildman–Crippen LogP) is 6.44. The van der Waals surface area contributed by atoms with Crippen molar-refractivity contribution in [3.8, 4) is 33.8 Å². The Hall–Kier alpha value is -3.84. The van der Waals surface area contributed by atoms with Gasteiger partial charge < -0.3 is 9.15 Å². The summed E-state index contributed by atoms with van der Waals surface area (Å²) in [6.45, 7) is 0. The highest BCUT2D eigenvalue weighted by Gasteiger charge is 2.36. The minimum Gasteiger partial charge on any atom is -0.438 e. The van der Waals surface area contributed by atoms with E-state index < -0.39 is 0 Å². The number of furan rings is 1. The van der Waals surface area contributed by atoms with Crippen LogP contribution >= 0.6 is 0 Å². The van der Waals surface area contributed by atoms with Crippen LogP contribution in [0.5, 0.6) is 0 Å². The maximum absolute atomic E-state index is 13.7. The first-order valence-corrected chi connectivity index (χ1v) is 12.0. The van der Waals surface area contributed by atoms with Gasteiger partial charge in [-0.05, 0) is 56.0 Å². The summed E-state index contributed by atoms with van der Waals surface area (Å²) < 4.78 is 27.9. The minimum atomic E-state index is -0.275. The number of hydrogen-bond donors (Lipinski definition) is 0. The first-order valence-electron chi connectivity index (χ1n) is 12.0. The zero-order chi connectivity index (χ0) is 23.4. The van der Waals surface area contributed by atoms with Gasteiger partial charge in [0.05, 0.1) is 29.3 Å². The Morgan fingerprint density at radius 3 is 2.40 bits per heavy atom. The van der Waals surface area contributed by atoms with Crippen LogP contribution in [0.15, 0.2) is 77.6 Å². The summed E-state index contributed by atoms with van der Waals surface area (Å²) in [5.74, 6) is 0.460. The van der Waals surface area contributed by atoms with Gasteiger partial charge in [0.15, 0.2) is 0 Å². The Kier molecular flexibility index (Phi) is 4.77. The van der Waals surface area contributed by atoms with Gasteiger partial charge in [0.1, 0.15) is 23.6 Å². The molecule has 2 bridgehead atoms. The molecule has 7 heteroatoms. The van der Waals surface area contributed by atoms with E-state index in [4.69, 9.17) is 14.3 Å². The topological polar surface area (TPSA) is 66.0 Å². The van der Waals surface area contributed by atoms with Crippen LogP contribution in [0.25, 0.3) is 44.9 Å². The van der Waals surface area contributed by atoms with Crippen LogP contribution in [0.4, 0.5) is 4.39 Å². The fraction of sp³-hybridized carbons (Fsp3) is 0.250. The third-order valence-corrected chi connectivity index (χ3v) is 7.13. The van der Waals surface area contributed by atoms with Crippen molar-refractivity contribution in [2.45, 2.75) is 43.9 Å². The second-order valence-corrected chi connectivity index (χ2v) is 9.38. The number of nitrogens with zero attached hydrogens (tertiary/aromatic N) is 4. The van der Waals surface area contributed by atoms with Crippen molar-refractivity contribution < 1.29 is 13.5 Å². The predicted molar refractivity (Wildman–Crippen MR) is 130 cm³/mol. The second kappa shape index (κ2) is 8.13. The summed E-state index contributed by atoms with van der Waals surface area (Å²) in [7, 11) is 0. The maximum Gasteiger partial charge on any atom is 0.230 e. The molecule has 5 aromatic rings. The van der Waals surface area contributed by atoms with Gasteiger partial charge in [-0.15, -0.1) is 0 Å². The molecule has 5 heterocycles. The quantitative estimate of drug-likeness (QED) is 0.305. The van der Waals surface area contributed by atoms with Gasteiger partial charge in [-0.2, -0.15) is 5.10 Å². The van der Waals surface area contributed by atoms with Crippen LogP contribution in [0.2, 0.25) is 0 Å². The fourth-order valence-corrected chi connectivity index (χ4v) is 5.43. The zero-order valence-corrected chi connectivity index (χ0v) is 19.0. The third-order valence-electron chi connectivity index (χ3n) is 7.13. The van der Waals surface area contributed by atoms with E-state index in [0.29, 0.717) is 17.9 Å². The Balaban J connectivity index is 1.38. The van der Waals surface area contributed by atoms with Crippen LogP contribution in [-0.4, -0.2) is 32.0 Å². The minimum absolute atomic E-state index is 0.260. The summed E-state index contributed by atoms with van der Waals surface area (Å²) in [4.78, 5) is 9.05. The molecule has 174 valence electrons. The molecule has 2 saturated heterocycles. The van der Waals surface area contributed by atoms with Gasteiger partial charge in [-0.1, -0.05) is 30.3 Å². The molecule has 0 radical (unpaired) electrons. The van der Waals surface area contributed by atoms with E-state index in [0.717, 1.165) is 64.9 Å². The van der Waals surface area contributed by atoms with E-state index in [9.17, 15) is 4.39 Å². The molecule has 0 saturated carbocycles. The molecular weight excluding hydrogens is 443 g/mol. The van der Waals surface area contributed by atoms with Crippen molar-refractivity contribution in [2.75, 3.05) is 0 Å². The van der Waals surface area contributed by atoms with E-state index in [1.165, 1.54) is 18.5 Å².